The van der Waals surface area contributed by atoms with Crippen molar-refractivity contribution >= 4 is 17.6 Å². The SMILES string of the molecule is COC(=O)c1cncc(Oc2ccc(Cl)c(C)c2)n1. The summed E-state index contributed by atoms with van der Waals surface area (Å²) >= 11 is 5.92. The van der Waals surface area contributed by atoms with E-state index in [1.54, 1.807) is 18.2 Å². The molecule has 0 fully saturated rings. The number of nitrogens with zero attached hydrogens (tertiary/aromatic N) is 2. The van der Waals surface area contributed by atoms with E-state index >= 15 is 0 Å². The molecule has 0 spiro atoms. The number of carbonyl (C=O) groups is 1. The van der Waals surface area contributed by atoms with E-state index in [0.717, 1.165) is 5.56 Å². The Morgan fingerprint density at radius 1 is 1.32 bits per heavy atom. The highest BCUT2D eigenvalue weighted by atomic mass is 35.5. The highest BCUT2D eigenvalue weighted by Crippen LogP contribution is 2.24. The zero-order chi connectivity index (χ0) is 13.8. The lowest BCUT2D eigenvalue weighted by molar-refractivity contribution is 0.0592. The molecule has 0 aliphatic heterocycles. The standard InChI is InChI=1S/C13H11ClN2O3/c1-8-5-9(3-4-10(8)14)19-12-7-15-6-11(16-12)13(17)18-2/h3-7H,1-2H3. The first-order chi connectivity index (χ1) is 9.10. The van der Waals surface area contributed by atoms with E-state index in [2.05, 4.69) is 14.7 Å². The monoisotopic (exact) mass is 278 g/mol. The van der Waals surface area contributed by atoms with Crippen LogP contribution < -0.4 is 4.74 Å². The lowest BCUT2D eigenvalue weighted by Gasteiger charge is -2.06. The Balaban J connectivity index is 2.23. The second kappa shape index (κ2) is 5.67. The number of aryl methyl sites for hydroxylation is 1. The van der Waals surface area contributed by atoms with Crippen LogP contribution in [0.3, 0.4) is 0 Å². The van der Waals surface area contributed by atoms with Gasteiger partial charge >= 0.3 is 5.97 Å². The van der Waals surface area contributed by atoms with Crippen molar-refractivity contribution in [2.24, 2.45) is 0 Å². The minimum atomic E-state index is -0.565. The number of hydrogen-bond donors (Lipinski definition) is 0. The van der Waals surface area contributed by atoms with Crippen molar-refractivity contribution in [3.05, 3.63) is 46.9 Å². The molecule has 98 valence electrons. The topological polar surface area (TPSA) is 61.3 Å². The third kappa shape index (κ3) is 3.20. The summed E-state index contributed by atoms with van der Waals surface area (Å²) in [5.41, 5.74) is 0.974. The predicted octanol–water partition coefficient (Wildman–Crippen LogP) is 3.02. The largest absolute Gasteiger partial charge is 0.464 e. The molecule has 2 rings (SSSR count). The minimum absolute atomic E-state index is 0.0886. The number of methoxy groups -OCH3 is 1. The van der Waals surface area contributed by atoms with Gasteiger partial charge in [0.2, 0.25) is 5.88 Å². The third-order valence-corrected chi connectivity index (χ3v) is 2.78. The summed E-state index contributed by atoms with van der Waals surface area (Å²) in [4.78, 5) is 19.2. The first-order valence-corrected chi connectivity index (χ1v) is 5.82. The molecule has 2 aromatic rings. The molecule has 0 saturated carbocycles. The molecule has 0 N–H and O–H groups in total. The Morgan fingerprint density at radius 2 is 2.11 bits per heavy atom. The summed E-state index contributed by atoms with van der Waals surface area (Å²) in [7, 11) is 1.28. The Morgan fingerprint density at radius 3 is 2.79 bits per heavy atom. The number of hydrogen-bond acceptors (Lipinski definition) is 5. The Labute approximate surface area is 115 Å². The number of ether oxygens (including phenoxy) is 2. The van der Waals surface area contributed by atoms with E-state index in [1.807, 2.05) is 6.92 Å². The van der Waals surface area contributed by atoms with Gasteiger partial charge < -0.3 is 9.47 Å². The molecule has 0 unspecified atom stereocenters. The number of rotatable bonds is 3. The van der Waals surface area contributed by atoms with Crippen LogP contribution in [0, 0.1) is 6.92 Å². The van der Waals surface area contributed by atoms with Crippen molar-refractivity contribution in [3.63, 3.8) is 0 Å². The summed E-state index contributed by atoms with van der Waals surface area (Å²) in [5.74, 6) is 0.216. The zero-order valence-corrected chi connectivity index (χ0v) is 11.1. The van der Waals surface area contributed by atoms with E-state index in [4.69, 9.17) is 16.3 Å². The molecule has 6 heteroatoms. The molecule has 19 heavy (non-hydrogen) atoms. The summed E-state index contributed by atoms with van der Waals surface area (Å²) in [6.45, 7) is 1.87. The van der Waals surface area contributed by atoms with Gasteiger partial charge in [-0.3, -0.25) is 4.98 Å². The normalized spacial score (nSPS) is 10.1. The van der Waals surface area contributed by atoms with E-state index in [1.165, 1.54) is 19.5 Å². The van der Waals surface area contributed by atoms with Crippen LogP contribution >= 0.6 is 11.6 Å². The molecule has 0 bridgehead atoms. The van der Waals surface area contributed by atoms with Crippen molar-refractivity contribution in [1.29, 1.82) is 0 Å². The quantitative estimate of drug-likeness (QED) is 0.808. The molecule has 0 aliphatic rings. The van der Waals surface area contributed by atoms with Crippen molar-refractivity contribution in [2.45, 2.75) is 6.92 Å². The van der Waals surface area contributed by atoms with Gasteiger partial charge in [0.1, 0.15) is 5.75 Å². The predicted molar refractivity (Wildman–Crippen MR) is 69.6 cm³/mol. The molecular weight excluding hydrogens is 268 g/mol. The fraction of sp³-hybridized carbons (Fsp3) is 0.154. The van der Waals surface area contributed by atoms with Gasteiger partial charge in [-0.2, -0.15) is 0 Å². The van der Waals surface area contributed by atoms with E-state index in [-0.39, 0.29) is 11.6 Å². The lowest BCUT2D eigenvalue weighted by Crippen LogP contribution is -2.05. The number of esters is 1. The maximum Gasteiger partial charge on any atom is 0.358 e. The van der Waals surface area contributed by atoms with Crippen LogP contribution in [0.15, 0.2) is 30.6 Å². The molecule has 1 aromatic heterocycles. The van der Waals surface area contributed by atoms with Crippen LogP contribution in [-0.4, -0.2) is 23.0 Å². The van der Waals surface area contributed by atoms with Crippen LogP contribution in [0.2, 0.25) is 5.02 Å². The first kappa shape index (κ1) is 13.3. The van der Waals surface area contributed by atoms with Crippen molar-refractivity contribution < 1.29 is 14.3 Å². The second-order valence-electron chi connectivity index (χ2n) is 3.75. The molecule has 5 nitrogen and oxygen atoms in total. The smallest absolute Gasteiger partial charge is 0.358 e. The summed E-state index contributed by atoms with van der Waals surface area (Å²) in [6.07, 6.45) is 2.72. The van der Waals surface area contributed by atoms with E-state index in [0.29, 0.717) is 10.8 Å². The summed E-state index contributed by atoms with van der Waals surface area (Å²) < 4.78 is 10.1. The molecule has 0 atom stereocenters. The molecule has 1 aromatic carbocycles. The van der Waals surface area contributed by atoms with Crippen LogP contribution in [0.1, 0.15) is 16.1 Å². The lowest BCUT2D eigenvalue weighted by atomic mass is 10.2. The van der Waals surface area contributed by atoms with Crippen LogP contribution in [0.4, 0.5) is 0 Å². The van der Waals surface area contributed by atoms with E-state index < -0.39 is 5.97 Å². The summed E-state index contributed by atoms with van der Waals surface area (Å²) in [5, 5.41) is 0.654. The van der Waals surface area contributed by atoms with Gasteiger partial charge in [-0.15, -0.1) is 0 Å². The Bertz CT molecular complexity index is 617. The first-order valence-electron chi connectivity index (χ1n) is 5.44. The number of halogens is 1. The van der Waals surface area contributed by atoms with Gasteiger partial charge in [0.15, 0.2) is 5.69 Å². The average molecular weight is 279 g/mol. The van der Waals surface area contributed by atoms with Gasteiger partial charge in [0.05, 0.1) is 19.5 Å². The van der Waals surface area contributed by atoms with Gasteiger partial charge in [0.25, 0.3) is 0 Å². The number of benzene rings is 1. The van der Waals surface area contributed by atoms with Crippen molar-refractivity contribution in [2.75, 3.05) is 7.11 Å². The second-order valence-corrected chi connectivity index (χ2v) is 4.15. The number of aromatic nitrogens is 2. The Hall–Kier alpha value is -2.14. The van der Waals surface area contributed by atoms with Crippen LogP contribution in [0.25, 0.3) is 0 Å². The highest BCUT2D eigenvalue weighted by Gasteiger charge is 2.09. The Kier molecular flexibility index (Phi) is 3.97. The van der Waals surface area contributed by atoms with Gasteiger partial charge in [-0.25, -0.2) is 9.78 Å². The zero-order valence-electron chi connectivity index (χ0n) is 10.4. The van der Waals surface area contributed by atoms with Gasteiger partial charge in [-0.05, 0) is 30.7 Å². The fourth-order valence-corrected chi connectivity index (χ4v) is 1.52. The average Bonchev–Trinajstić information content (AvgIpc) is 2.42. The van der Waals surface area contributed by atoms with E-state index in [9.17, 15) is 4.79 Å². The molecule has 0 aliphatic carbocycles. The van der Waals surface area contributed by atoms with Gasteiger partial charge in [0, 0.05) is 5.02 Å². The maximum atomic E-state index is 11.3. The van der Waals surface area contributed by atoms with Crippen molar-refractivity contribution in [3.8, 4) is 11.6 Å². The molecule has 0 radical (unpaired) electrons. The molecule has 0 amide bonds. The third-order valence-electron chi connectivity index (χ3n) is 2.36. The maximum absolute atomic E-state index is 11.3. The summed E-state index contributed by atoms with van der Waals surface area (Å²) in [6, 6.07) is 5.21. The highest BCUT2D eigenvalue weighted by molar-refractivity contribution is 6.31. The van der Waals surface area contributed by atoms with Crippen LogP contribution in [0.5, 0.6) is 11.6 Å². The van der Waals surface area contributed by atoms with Crippen LogP contribution in [-0.2, 0) is 4.74 Å². The van der Waals surface area contributed by atoms with Crippen molar-refractivity contribution in [1.82, 2.24) is 9.97 Å². The molecule has 0 saturated heterocycles. The minimum Gasteiger partial charge on any atom is -0.464 e. The molecule has 1 heterocycles. The number of carbonyl (C=O) groups excluding carboxylic acids is 1. The fourth-order valence-electron chi connectivity index (χ4n) is 1.40. The van der Waals surface area contributed by atoms with Gasteiger partial charge in [-0.1, -0.05) is 11.6 Å². The molecular formula is C13H11ClN2O3.